The summed E-state index contributed by atoms with van der Waals surface area (Å²) in [6, 6.07) is 0. The van der Waals surface area contributed by atoms with Crippen LogP contribution in [0.2, 0.25) is 0 Å². The summed E-state index contributed by atoms with van der Waals surface area (Å²) >= 11 is 1.96. The summed E-state index contributed by atoms with van der Waals surface area (Å²) in [4.78, 5) is 0. The molecular formula is C17H30FIO2. The van der Waals surface area contributed by atoms with Crippen LogP contribution < -0.4 is 0 Å². The van der Waals surface area contributed by atoms with Crippen LogP contribution in [0.1, 0.15) is 79.1 Å². The smallest absolute Gasteiger partial charge is 0.159 e. The van der Waals surface area contributed by atoms with Gasteiger partial charge in [-0.3, -0.25) is 0 Å². The average Bonchev–Trinajstić information content (AvgIpc) is 2.60. The van der Waals surface area contributed by atoms with Gasteiger partial charge in [-0.15, -0.1) is 0 Å². The molecule has 2 nitrogen and oxygen atoms in total. The molecule has 1 aliphatic rings. The van der Waals surface area contributed by atoms with Crippen molar-refractivity contribution in [1.82, 2.24) is 0 Å². The van der Waals surface area contributed by atoms with Gasteiger partial charge in [0.2, 0.25) is 0 Å². The molecule has 1 rings (SSSR count). The lowest BCUT2D eigenvalue weighted by atomic mass is 9.90. The third kappa shape index (κ3) is 6.53. The van der Waals surface area contributed by atoms with Crippen LogP contribution in [0.25, 0.3) is 0 Å². The van der Waals surface area contributed by atoms with Crippen molar-refractivity contribution in [2.45, 2.75) is 96.6 Å². The number of ether oxygens (including phenoxy) is 2. The first-order valence-corrected chi connectivity index (χ1v) is 9.33. The van der Waals surface area contributed by atoms with Crippen LogP contribution in [0.4, 0.5) is 4.39 Å². The van der Waals surface area contributed by atoms with Crippen LogP contribution in [0.3, 0.4) is 0 Å². The van der Waals surface area contributed by atoms with Gasteiger partial charge in [0.1, 0.15) is 5.83 Å². The molecule has 0 atom stereocenters. The molecule has 1 fully saturated rings. The third-order valence-corrected chi connectivity index (χ3v) is 5.20. The first kappa shape index (κ1) is 19.4. The highest BCUT2D eigenvalue weighted by atomic mass is 127. The lowest BCUT2D eigenvalue weighted by molar-refractivity contribution is -0.0913. The second kappa shape index (κ2) is 8.82. The number of unbranched alkanes of at least 4 members (excludes halogenated alkanes) is 5. The molecule has 0 amide bonds. The molecule has 0 unspecified atom stereocenters. The van der Waals surface area contributed by atoms with E-state index < -0.39 is 0 Å². The molecule has 4 heteroatoms. The van der Waals surface area contributed by atoms with Gasteiger partial charge in [-0.1, -0.05) is 48.3 Å². The Morgan fingerprint density at radius 3 is 1.95 bits per heavy atom. The van der Waals surface area contributed by atoms with E-state index in [0.717, 1.165) is 25.7 Å². The molecule has 0 saturated carbocycles. The van der Waals surface area contributed by atoms with E-state index in [2.05, 4.69) is 27.7 Å². The fourth-order valence-electron chi connectivity index (χ4n) is 2.45. The zero-order valence-electron chi connectivity index (χ0n) is 13.9. The Balaban J connectivity index is 2.01. The summed E-state index contributed by atoms with van der Waals surface area (Å²) < 4.78 is 26.4. The fourth-order valence-corrected chi connectivity index (χ4v) is 2.76. The van der Waals surface area contributed by atoms with Gasteiger partial charge in [-0.2, -0.15) is 0 Å². The summed E-state index contributed by atoms with van der Waals surface area (Å²) in [5.74, 6) is 0.0105. The Kier molecular flexibility index (Phi) is 8.14. The number of allylic oxidation sites excluding steroid dienone is 1. The van der Waals surface area contributed by atoms with Crippen LogP contribution in [0.15, 0.2) is 9.91 Å². The Bertz CT molecular complexity index is 324. The predicted molar refractivity (Wildman–Crippen MR) is 94.3 cm³/mol. The van der Waals surface area contributed by atoms with Crippen molar-refractivity contribution in [1.29, 1.82) is 0 Å². The Morgan fingerprint density at radius 1 is 0.952 bits per heavy atom. The second-order valence-electron chi connectivity index (χ2n) is 6.90. The van der Waals surface area contributed by atoms with E-state index in [-0.39, 0.29) is 23.3 Å². The Hall–Kier alpha value is 0.320. The largest absolute Gasteiger partial charge is 0.344 e. The van der Waals surface area contributed by atoms with Gasteiger partial charge < -0.3 is 9.47 Å². The lowest BCUT2D eigenvalue weighted by Gasteiger charge is -2.30. The number of rotatable bonds is 9. The monoisotopic (exact) mass is 412 g/mol. The highest BCUT2D eigenvalue weighted by Gasteiger charge is 2.48. The van der Waals surface area contributed by atoms with E-state index in [4.69, 9.17) is 9.47 Å². The average molecular weight is 412 g/mol. The van der Waals surface area contributed by atoms with Gasteiger partial charge in [-0.05, 0) is 53.4 Å². The van der Waals surface area contributed by atoms with Crippen molar-refractivity contribution in [2.75, 3.05) is 0 Å². The van der Waals surface area contributed by atoms with Crippen molar-refractivity contribution in [2.24, 2.45) is 0 Å². The molecule has 21 heavy (non-hydrogen) atoms. The highest BCUT2D eigenvalue weighted by Crippen LogP contribution is 2.39. The number of halogens is 2. The van der Waals surface area contributed by atoms with Gasteiger partial charge >= 0.3 is 0 Å². The van der Waals surface area contributed by atoms with Crippen molar-refractivity contribution >= 4 is 22.6 Å². The molecule has 0 aromatic carbocycles. The normalized spacial score (nSPS) is 21.9. The van der Waals surface area contributed by atoms with Crippen LogP contribution >= 0.6 is 22.6 Å². The zero-order valence-corrected chi connectivity index (χ0v) is 16.0. The first-order chi connectivity index (χ1) is 9.78. The molecule has 0 bridgehead atoms. The minimum atomic E-state index is -0.214. The van der Waals surface area contributed by atoms with Crippen LogP contribution in [0, 0.1) is 0 Å². The summed E-state index contributed by atoms with van der Waals surface area (Å²) in [6.07, 6.45) is 8.34. The SMILES string of the molecule is CC1(C)OC(CCCCCCCC/C(F)=C\I)OC1(C)C. The van der Waals surface area contributed by atoms with Gasteiger partial charge in [0.25, 0.3) is 0 Å². The molecule has 0 aliphatic carbocycles. The summed E-state index contributed by atoms with van der Waals surface area (Å²) in [6.45, 7) is 8.37. The maximum Gasteiger partial charge on any atom is 0.159 e. The third-order valence-electron chi connectivity index (χ3n) is 4.53. The fraction of sp³-hybridized carbons (Fsp3) is 0.882. The molecule has 0 radical (unpaired) electrons. The van der Waals surface area contributed by atoms with Crippen LogP contribution in [0.5, 0.6) is 0 Å². The van der Waals surface area contributed by atoms with E-state index in [9.17, 15) is 4.39 Å². The predicted octanol–water partition coefficient (Wildman–Crippen LogP) is 6.28. The lowest BCUT2D eigenvalue weighted by Crippen LogP contribution is -2.41. The topological polar surface area (TPSA) is 18.5 Å². The quantitative estimate of drug-likeness (QED) is 0.328. The standard InChI is InChI=1S/C17H30FIO2/c1-16(2)17(3,4)21-15(20-16)12-10-8-6-5-7-9-11-14(18)13-19/h13,15H,5-12H2,1-4H3/b14-13+. The van der Waals surface area contributed by atoms with Crippen LogP contribution in [-0.4, -0.2) is 17.5 Å². The highest BCUT2D eigenvalue weighted by molar-refractivity contribution is 14.1. The van der Waals surface area contributed by atoms with Gasteiger partial charge in [-0.25, -0.2) is 4.39 Å². The summed E-state index contributed by atoms with van der Waals surface area (Å²) in [5.41, 5.74) is -0.429. The van der Waals surface area contributed by atoms with Crippen molar-refractivity contribution in [3.05, 3.63) is 9.91 Å². The van der Waals surface area contributed by atoms with Gasteiger partial charge in [0.15, 0.2) is 6.29 Å². The zero-order chi connectivity index (χ0) is 15.9. The molecule has 124 valence electrons. The number of hydrogen-bond donors (Lipinski definition) is 0. The number of hydrogen-bond acceptors (Lipinski definition) is 2. The maximum absolute atomic E-state index is 12.9. The molecule has 0 N–H and O–H groups in total. The minimum absolute atomic E-state index is 0.0105. The Labute approximate surface area is 143 Å². The molecule has 1 aliphatic heterocycles. The van der Waals surface area contributed by atoms with Crippen molar-refractivity contribution < 1.29 is 13.9 Å². The van der Waals surface area contributed by atoms with E-state index in [1.165, 1.54) is 23.3 Å². The molecule has 0 aromatic heterocycles. The van der Waals surface area contributed by atoms with E-state index in [1.807, 2.05) is 22.6 Å². The van der Waals surface area contributed by atoms with Crippen LogP contribution in [-0.2, 0) is 9.47 Å². The first-order valence-electron chi connectivity index (χ1n) is 8.09. The minimum Gasteiger partial charge on any atom is -0.344 e. The molecule has 1 saturated heterocycles. The van der Waals surface area contributed by atoms with Gasteiger partial charge in [0.05, 0.1) is 11.2 Å². The second-order valence-corrected chi connectivity index (χ2v) is 7.52. The van der Waals surface area contributed by atoms with Crippen molar-refractivity contribution in [3.63, 3.8) is 0 Å². The maximum atomic E-state index is 12.9. The summed E-state index contributed by atoms with van der Waals surface area (Å²) in [7, 11) is 0. The van der Waals surface area contributed by atoms with Crippen molar-refractivity contribution in [3.8, 4) is 0 Å². The van der Waals surface area contributed by atoms with E-state index in [1.54, 1.807) is 0 Å². The molecule has 1 heterocycles. The Morgan fingerprint density at radius 2 is 1.43 bits per heavy atom. The summed E-state index contributed by atoms with van der Waals surface area (Å²) in [5, 5.41) is 0. The molecule has 0 spiro atoms. The molecule has 0 aromatic rings. The van der Waals surface area contributed by atoms with E-state index in [0.29, 0.717) is 6.42 Å². The molecular weight excluding hydrogens is 382 g/mol. The van der Waals surface area contributed by atoms with E-state index >= 15 is 0 Å². The van der Waals surface area contributed by atoms with Gasteiger partial charge in [0, 0.05) is 4.08 Å².